The van der Waals surface area contributed by atoms with Gasteiger partial charge in [0.1, 0.15) is 3.41 Å². The van der Waals surface area contributed by atoms with Crippen LogP contribution in [0.3, 0.4) is 0 Å². The second-order valence-electron chi connectivity index (χ2n) is 1.36. The highest BCUT2D eigenvalue weighted by Gasteiger charge is 2.18. The summed E-state index contributed by atoms with van der Waals surface area (Å²) in [5, 5.41) is 0. The number of hydrogen-bond donors (Lipinski definition) is 4. The summed E-state index contributed by atoms with van der Waals surface area (Å²) < 4.78 is -0.491. The normalized spacial score (nSPS) is 17.1. The lowest BCUT2D eigenvalue weighted by Gasteiger charge is -2.18. The largest absolute Gasteiger partial charge is 0.177 e. The number of hydrogen-bond acceptors (Lipinski definition) is 4. The molecule has 1 unspecified atom stereocenters. The van der Waals surface area contributed by atoms with Gasteiger partial charge in [-0.1, -0.05) is 0 Å². The zero-order chi connectivity index (χ0) is 6.08. The maximum Gasteiger partial charge on any atom is 0.106 e. The molecule has 0 heterocycles. The summed E-state index contributed by atoms with van der Waals surface area (Å²) in [5.41, 5.74) is 0. The van der Waals surface area contributed by atoms with Gasteiger partial charge in [0, 0.05) is 15.1 Å². The molecule has 0 bridgehead atoms. The van der Waals surface area contributed by atoms with Gasteiger partial charge in [0.05, 0.1) is 0 Å². The molecule has 5 heteroatoms. The average molecular weight is 188 g/mol. The van der Waals surface area contributed by atoms with E-state index in [1.54, 1.807) is 0 Å². The monoisotopic (exact) mass is 188 g/mol. The van der Waals surface area contributed by atoms with Gasteiger partial charge in [-0.2, -0.15) is 50.5 Å². The van der Waals surface area contributed by atoms with Crippen LogP contribution in [0.4, 0.5) is 0 Å². The first-order valence-electron chi connectivity index (χ1n) is 1.80. The molecule has 0 spiro atoms. The quantitative estimate of drug-likeness (QED) is 0.250. The van der Waals surface area contributed by atoms with Crippen LogP contribution in [-0.2, 0) is 0 Å². The molecule has 0 aliphatic carbocycles. The van der Waals surface area contributed by atoms with Gasteiger partial charge in [-0.25, -0.2) is 0 Å². The first kappa shape index (κ1) is 8.62. The molecule has 0 rings (SSSR count). The summed E-state index contributed by atoms with van der Waals surface area (Å²) >= 11 is 16.2. The van der Waals surface area contributed by atoms with Gasteiger partial charge in [-0.05, 0) is 0 Å². The highest BCUT2D eigenvalue weighted by molar-refractivity contribution is 8.18. The zero-order valence-corrected chi connectivity index (χ0v) is 9.44. The predicted molar refractivity (Wildman–Crippen MR) is 52.4 cm³/mol. The predicted octanol–water partition coefficient (Wildman–Crippen LogP) is 0.0509. The Morgan fingerprint density at radius 1 is 1.29 bits per heavy atom. The molecule has 0 amide bonds. The highest BCUT2D eigenvalue weighted by Crippen LogP contribution is 2.29. The second-order valence-corrected chi connectivity index (χ2v) is 7.44. The van der Waals surface area contributed by atoms with Crippen LogP contribution in [0.1, 0.15) is 0 Å². The van der Waals surface area contributed by atoms with E-state index in [1.807, 2.05) is 0 Å². The second kappa shape index (κ2) is 2.96. The third-order valence-electron chi connectivity index (χ3n) is 0.561. The molecule has 0 N–H and O–H groups in total. The van der Waals surface area contributed by atoms with Crippen molar-refractivity contribution in [1.29, 1.82) is 0 Å². The maximum absolute atomic E-state index is 4.11. The van der Waals surface area contributed by atoms with Gasteiger partial charge in [-0.15, -0.1) is 0 Å². The van der Waals surface area contributed by atoms with E-state index in [-0.39, 0.29) is 4.87 Å². The third-order valence-corrected chi connectivity index (χ3v) is 5.04. The molecule has 0 aliphatic rings. The summed E-state index contributed by atoms with van der Waals surface area (Å²) in [4.78, 5) is 0.225. The molecular formula is C2H8S4Si. The Balaban J connectivity index is 3.54. The Bertz CT molecular complexity index is 55.2. The smallest absolute Gasteiger partial charge is 0.106 e. The van der Waals surface area contributed by atoms with Crippen molar-refractivity contribution in [2.45, 2.75) is 8.28 Å². The first-order valence-corrected chi connectivity index (χ1v) is 4.81. The molecule has 0 saturated heterocycles. The molecule has 0 radical (unpaired) electrons. The Hall–Kier alpha value is 1.62. The fraction of sp³-hybridized carbons (Fsp3) is 1.00. The van der Waals surface area contributed by atoms with Crippen molar-refractivity contribution < 1.29 is 0 Å². The lowest BCUT2D eigenvalue weighted by molar-refractivity contribution is 1.30. The molecule has 0 nitrogen and oxygen atoms in total. The Morgan fingerprint density at radius 2 is 1.43 bits per heavy atom. The van der Waals surface area contributed by atoms with Crippen molar-refractivity contribution in [3.63, 3.8) is 0 Å². The van der Waals surface area contributed by atoms with Crippen LogP contribution in [0.15, 0.2) is 0 Å². The molecular weight excluding hydrogens is 180 g/mol. The van der Waals surface area contributed by atoms with E-state index in [9.17, 15) is 0 Å². The van der Waals surface area contributed by atoms with Crippen molar-refractivity contribution in [3.8, 4) is 0 Å². The minimum absolute atomic E-state index is 0.225. The number of rotatable bonds is 1. The van der Waals surface area contributed by atoms with Gasteiger partial charge in [-0.3, -0.25) is 0 Å². The summed E-state index contributed by atoms with van der Waals surface area (Å²) in [6.45, 7) is 0. The van der Waals surface area contributed by atoms with Crippen molar-refractivity contribution in [2.75, 3.05) is 0 Å². The summed E-state index contributed by atoms with van der Waals surface area (Å²) in [7, 11) is 0.963. The summed E-state index contributed by atoms with van der Waals surface area (Å²) in [5.74, 6) is 0. The maximum atomic E-state index is 4.11. The van der Waals surface area contributed by atoms with Crippen molar-refractivity contribution in [3.05, 3.63) is 0 Å². The van der Waals surface area contributed by atoms with E-state index < -0.39 is 3.41 Å². The molecule has 44 valence electrons. The third kappa shape index (κ3) is 4.14. The summed E-state index contributed by atoms with van der Waals surface area (Å²) in [6.07, 6.45) is 0. The van der Waals surface area contributed by atoms with E-state index in [2.05, 4.69) is 50.5 Å². The van der Waals surface area contributed by atoms with Crippen molar-refractivity contribution in [1.82, 2.24) is 0 Å². The highest BCUT2D eigenvalue weighted by atomic mass is 32.2. The van der Waals surface area contributed by atoms with E-state index in [0.29, 0.717) is 0 Å². The standard InChI is InChI=1S/C2H8S4Si/c3-1(7)2(4,5)6/h1,3-6H,7H3. The fourth-order valence-electron chi connectivity index (χ4n) is 0. The van der Waals surface area contributed by atoms with Crippen LogP contribution in [0, 0.1) is 0 Å². The topological polar surface area (TPSA) is 0 Å². The number of thiol groups is 4. The van der Waals surface area contributed by atoms with Crippen LogP contribution in [-0.4, -0.2) is 18.5 Å². The molecule has 0 aromatic heterocycles. The van der Waals surface area contributed by atoms with E-state index >= 15 is 0 Å². The van der Waals surface area contributed by atoms with Crippen LogP contribution in [0.2, 0.25) is 0 Å². The van der Waals surface area contributed by atoms with Crippen molar-refractivity contribution >= 4 is 60.8 Å². The van der Waals surface area contributed by atoms with Crippen LogP contribution < -0.4 is 0 Å². The Morgan fingerprint density at radius 3 is 1.43 bits per heavy atom. The van der Waals surface area contributed by atoms with Crippen molar-refractivity contribution in [2.24, 2.45) is 0 Å². The minimum atomic E-state index is -0.491. The molecule has 0 saturated carbocycles. The molecule has 7 heavy (non-hydrogen) atoms. The van der Waals surface area contributed by atoms with Gasteiger partial charge in [0.25, 0.3) is 0 Å². The first-order chi connectivity index (χ1) is 2.94. The van der Waals surface area contributed by atoms with E-state index in [4.69, 9.17) is 0 Å². The average Bonchev–Trinajstić information content (AvgIpc) is 1.31. The van der Waals surface area contributed by atoms with Crippen LogP contribution >= 0.6 is 50.5 Å². The van der Waals surface area contributed by atoms with Gasteiger partial charge >= 0.3 is 0 Å². The fourth-order valence-corrected chi connectivity index (χ4v) is 0. The van der Waals surface area contributed by atoms with Gasteiger partial charge < -0.3 is 0 Å². The lowest BCUT2D eigenvalue weighted by atomic mass is 10.9. The molecule has 0 aliphatic heterocycles. The van der Waals surface area contributed by atoms with E-state index in [0.717, 1.165) is 10.2 Å². The lowest BCUT2D eigenvalue weighted by Crippen LogP contribution is -2.19. The van der Waals surface area contributed by atoms with Gasteiger partial charge in [0.15, 0.2) is 0 Å². The van der Waals surface area contributed by atoms with Crippen LogP contribution in [0.5, 0.6) is 0 Å². The van der Waals surface area contributed by atoms with E-state index in [1.165, 1.54) is 0 Å². The molecule has 0 fully saturated rings. The SMILES string of the molecule is [SiH3]C(S)C(S)(S)S. The molecule has 1 atom stereocenters. The Kier molecular flexibility index (Phi) is 3.64. The van der Waals surface area contributed by atoms with Crippen LogP contribution in [0.25, 0.3) is 0 Å². The summed E-state index contributed by atoms with van der Waals surface area (Å²) in [6, 6.07) is 0. The molecule has 0 aromatic carbocycles. The van der Waals surface area contributed by atoms with Gasteiger partial charge in [0.2, 0.25) is 0 Å². The zero-order valence-electron chi connectivity index (χ0n) is 3.87. The Labute approximate surface area is 68.9 Å². The molecule has 0 aromatic rings. The minimum Gasteiger partial charge on any atom is -0.177 e.